The Morgan fingerprint density at radius 3 is 2.79 bits per heavy atom. The van der Waals surface area contributed by atoms with Gasteiger partial charge in [0.2, 0.25) is 5.91 Å². The topological polar surface area (TPSA) is 41.5 Å². The van der Waals surface area contributed by atoms with E-state index in [4.69, 9.17) is 0 Å². The summed E-state index contributed by atoms with van der Waals surface area (Å²) >= 11 is 0. The molecule has 0 aromatic heterocycles. The number of fused-ring (bicyclic) bond motifs is 1. The summed E-state index contributed by atoms with van der Waals surface area (Å²) in [5.74, 6) is -2.28. The number of benzodiazepines with no additional fused rings is 1. The number of aliphatic imine (C=N–C) groups is 1. The second-order valence-electron chi connectivity index (χ2n) is 2.87. The number of benzene rings is 1. The van der Waals surface area contributed by atoms with Crippen LogP contribution in [0.15, 0.2) is 17.1 Å². The van der Waals surface area contributed by atoms with E-state index in [2.05, 4.69) is 10.3 Å². The summed E-state index contributed by atoms with van der Waals surface area (Å²) < 4.78 is 25.6. The molecule has 1 aliphatic heterocycles. The van der Waals surface area contributed by atoms with Crippen LogP contribution in [0.3, 0.4) is 0 Å². The van der Waals surface area contributed by atoms with Gasteiger partial charge in [-0.15, -0.1) is 0 Å². The SMILES string of the molecule is O=C1CN=Cc2cc(F)c(F)cc2N1. The predicted molar refractivity (Wildman–Crippen MR) is 47.4 cm³/mol. The summed E-state index contributed by atoms with van der Waals surface area (Å²) in [5.41, 5.74) is 0.616. The first-order chi connectivity index (χ1) is 6.66. The zero-order valence-electron chi connectivity index (χ0n) is 7.05. The lowest BCUT2D eigenvalue weighted by Crippen LogP contribution is -2.13. The number of amides is 1. The number of nitrogens with one attached hydrogen (secondary N) is 1. The highest BCUT2D eigenvalue weighted by atomic mass is 19.2. The highest BCUT2D eigenvalue weighted by Gasteiger charge is 2.13. The summed E-state index contributed by atoms with van der Waals surface area (Å²) in [5, 5.41) is 2.42. The van der Waals surface area contributed by atoms with E-state index in [1.807, 2.05) is 0 Å². The number of hydrogen-bond donors (Lipinski definition) is 1. The Morgan fingerprint density at radius 2 is 2.00 bits per heavy atom. The van der Waals surface area contributed by atoms with E-state index in [9.17, 15) is 13.6 Å². The molecule has 1 aliphatic rings. The lowest BCUT2D eigenvalue weighted by Gasteiger charge is -2.04. The zero-order chi connectivity index (χ0) is 10.1. The Kier molecular flexibility index (Phi) is 1.99. The molecule has 0 unspecified atom stereocenters. The number of rotatable bonds is 0. The standard InChI is InChI=1S/C9H6F2N2O/c10-6-1-5-3-12-4-9(14)13-8(5)2-7(6)11/h1-3H,4H2,(H,13,14). The van der Waals surface area contributed by atoms with Crippen molar-refractivity contribution < 1.29 is 13.6 Å². The number of halogens is 2. The Bertz CT molecular complexity index is 429. The van der Waals surface area contributed by atoms with Crippen LogP contribution >= 0.6 is 0 Å². The van der Waals surface area contributed by atoms with Crippen LogP contribution in [-0.2, 0) is 4.79 Å². The second-order valence-corrected chi connectivity index (χ2v) is 2.87. The minimum atomic E-state index is -0.987. The van der Waals surface area contributed by atoms with Gasteiger partial charge in [-0.05, 0) is 6.07 Å². The average molecular weight is 196 g/mol. The largest absolute Gasteiger partial charge is 0.324 e. The molecule has 2 rings (SSSR count). The lowest BCUT2D eigenvalue weighted by atomic mass is 10.2. The first-order valence-electron chi connectivity index (χ1n) is 3.95. The molecule has 1 amide bonds. The van der Waals surface area contributed by atoms with Gasteiger partial charge in [0.25, 0.3) is 0 Å². The van der Waals surface area contributed by atoms with Crippen LogP contribution in [0.5, 0.6) is 0 Å². The number of hydrogen-bond acceptors (Lipinski definition) is 2. The van der Waals surface area contributed by atoms with Gasteiger partial charge in [-0.3, -0.25) is 9.79 Å². The van der Waals surface area contributed by atoms with Crippen molar-refractivity contribution in [1.29, 1.82) is 0 Å². The lowest BCUT2D eigenvalue weighted by molar-refractivity contribution is -0.114. The molecule has 72 valence electrons. The fourth-order valence-electron chi connectivity index (χ4n) is 1.19. The Labute approximate surface area is 78.5 Å². The van der Waals surface area contributed by atoms with Crippen molar-refractivity contribution in [2.45, 2.75) is 0 Å². The van der Waals surface area contributed by atoms with E-state index in [-0.39, 0.29) is 18.1 Å². The first-order valence-corrected chi connectivity index (χ1v) is 3.95. The van der Waals surface area contributed by atoms with E-state index < -0.39 is 11.6 Å². The summed E-state index contributed by atoms with van der Waals surface area (Å²) in [4.78, 5) is 14.7. The van der Waals surface area contributed by atoms with Gasteiger partial charge in [0.05, 0.1) is 5.69 Å². The van der Waals surface area contributed by atoms with Crippen molar-refractivity contribution in [3.63, 3.8) is 0 Å². The summed E-state index contributed by atoms with van der Waals surface area (Å²) in [6.07, 6.45) is 1.34. The molecule has 0 bridgehead atoms. The quantitative estimate of drug-likeness (QED) is 0.668. The van der Waals surface area contributed by atoms with Crippen LogP contribution in [0.25, 0.3) is 0 Å². The average Bonchev–Trinajstić information content (AvgIpc) is 2.28. The number of carbonyl (C=O) groups is 1. The Balaban J connectivity index is 2.55. The molecule has 14 heavy (non-hydrogen) atoms. The van der Waals surface area contributed by atoms with Crippen LogP contribution < -0.4 is 5.32 Å². The molecule has 1 N–H and O–H groups in total. The smallest absolute Gasteiger partial charge is 0.246 e. The third kappa shape index (κ3) is 1.48. The van der Waals surface area contributed by atoms with Gasteiger partial charge in [-0.2, -0.15) is 0 Å². The Morgan fingerprint density at radius 1 is 1.29 bits per heavy atom. The van der Waals surface area contributed by atoms with Gasteiger partial charge >= 0.3 is 0 Å². The second kappa shape index (κ2) is 3.17. The third-order valence-corrected chi connectivity index (χ3v) is 1.83. The summed E-state index contributed by atoms with van der Waals surface area (Å²) in [7, 11) is 0. The van der Waals surface area contributed by atoms with Crippen LogP contribution in [0.1, 0.15) is 5.56 Å². The van der Waals surface area contributed by atoms with E-state index in [1.165, 1.54) is 6.21 Å². The van der Waals surface area contributed by atoms with Gasteiger partial charge < -0.3 is 5.32 Å². The molecule has 0 fully saturated rings. The van der Waals surface area contributed by atoms with Crippen LogP contribution in [0.4, 0.5) is 14.5 Å². The van der Waals surface area contributed by atoms with Crippen LogP contribution in [-0.4, -0.2) is 18.7 Å². The monoisotopic (exact) mass is 196 g/mol. The third-order valence-electron chi connectivity index (χ3n) is 1.83. The molecule has 0 atom stereocenters. The molecular formula is C9H6F2N2O. The fraction of sp³-hybridized carbons (Fsp3) is 0.111. The van der Waals surface area contributed by atoms with Crippen LogP contribution in [0, 0.1) is 11.6 Å². The highest BCUT2D eigenvalue weighted by molar-refractivity contribution is 6.01. The first kappa shape index (κ1) is 8.80. The number of carbonyl (C=O) groups excluding carboxylic acids is 1. The summed E-state index contributed by atoms with van der Waals surface area (Å²) in [6.45, 7) is -0.0298. The molecule has 3 nitrogen and oxygen atoms in total. The van der Waals surface area contributed by atoms with Gasteiger partial charge in [-0.1, -0.05) is 0 Å². The normalized spacial score (nSPS) is 14.6. The van der Waals surface area contributed by atoms with Crippen molar-refractivity contribution in [1.82, 2.24) is 0 Å². The van der Waals surface area contributed by atoms with Gasteiger partial charge in [0.15, 0.2) is 11.6 Å². The maximum atomic E-state index is 12.8. The summed E-state index contributed by atoms with van der Waals surface area (Å²) in [6, 6.07) is 1.94. The van der Waals surface area contributed by atoms with E-state index in [1.54, 1.807) is 0 Å². The molecule has 0 radical (unpaired) electrons. The minimum absolute atomic E-state index is 0.0298. The van der Waals surface area contributed by atoms with E-state index in [0.29, 0.717) is 5.56 Å². The molecule has 1 heterocycles. The molecular weight excluding hydrogens is 190 g/mol. The molecule has 1 aromatic carbocycles. The molecule has 1 aromatic rings. The highest BCUT2D eigenvalue weighted by Crippen LogP contribution is 2.19. The van der Waals surface area contributed by atoms with Crippen molar-refractivity contribution in [3.8, 4) is 0 Å². The van der Waals surface area contributed by atoms with Crippen molar-refractivity contribution in [3.05, 3.63) is 29.3 Å². The van der Waals surface area contributed by atoms with Gasteiger partial charge in [-0.25, -0.2) is 8.78 Å². The van der Waals surface area contributed by atoms with Crippen LogP contribution in [0.2, 0.25) is 0 Å². The molecule has 5 heteroatoms. The van der Waals surface area contributed by atoms with Crippen molar-refractivity contribution in [2.24, 2.45) is 4.99 Å². The minimum Gasteiger partial charge on any atom is -0.324 e. The molecule has 0 saturated carbocycles. The van der Waals surface area contributed by atoms with Gasteiger partial charge in [0.1, 0.15) is 6.54 Å². The maximum Gasteiger partial charge on any atom is 0.246 e. The number of nitrogens with zero attached hydrogens (tertiary/aromatic N) is 1. The van der Waals surface area contributed by atoms with E-state index in [0.717, 1.165) is 12.1 Å². The predicted octanol–water partition coefficient (Wildman–Crippen LogP) is 1.34. The zero-order valence-corrected chi connectivity index (χ0v) is 7.05. The van der Waals surface area contributed by atoms with Crippen molar-refractivity contribution >= 4 is 17.8 Å². The maximum absolute atomic E-state index is 12.8. The fourth-order valence-corrected chi connectivity index (χ4v) is 1.19. The number of anilines is 1. The molecule has 0 aliphatic carbocycles. The van der Waals surface area contributed by atoms with Crippen molar-refractivity contribution in [2.75, 3.05) is 11.9 Å². The molecule has 0 spiro atoms. The Hall–Kier alpha value is -1.78. The van der Waals surface area contributed by atoms with E-state index >= 15 is 0 Å². The molecule has 0 saturated heterocycles. The van der Waals surface area contributed by atoms with Gasteiger partial charge in [0, 0.05) is 17.8 Å².